The van der Waals surface area contributed by atoms with Crippen molar-refractivity contribution >= 4 is 46.4 Å². The third-order valence-electron chi connectivity index (χ3n) is 4.91. The normalized spacial score (nSPS) is 18.8. The van der Waals surface area contributed by atoms with E-state index in [9.17, 15) is 14.4 Å². The molecule has 0 aliphatic carbocycles. The number of carbonyl (C=O) groups excluding carboxylic acids is 3. The van der Waals surface area contributed by atoms with E-state index >= 15 is 0 Å². The van der Waals surface area contributed by atoms with Crippen LogP contribution in [0.3, 0.4) is 0 Å². The topological polar surface area (TPSA) is 90.5 Å². The highest BCUT2D eigenvalue weighted by atomic mass is 35.5. The fourth-order valence-corrected chi connectivity index (χ4v) is 3.86. The second-order valence-corrected chi connectivity index (χ2v) is 7.23. The summed E-state index contributed by atoms with van der Waals surface area (Å²) in [6.07, 6.45) is 0.0948. The molecule has 2 aliphatic heterocycles. The number of piperazine rings is 1. The Hall–Kier alpha value is -3.06. The molecule has 3 N–H and O–H groups in total. The van der Waals surface area contributed by atoms with E-state index in [0.29, 0.717) is 29.5 Å². The number of halogens is 1. The van der Waals surface area contributed by atoms with Crippen LogP contribution >= 0.6 is 11.6 Å². The van der Waals surface area contributed by atoms with Crippen molar-refractivity contribution in [1.82, 2.24) is 5.32 Å². The lowest BCUT2D eigenvalue weighted by Crippen LogP contribution is -2.47. The number of para-hydroxylation sites is 1. The van der Waals surface area contributed by atoms with Crippen LogP contribution in [0.15, 0.2) is 42.5 Å². The zero-order valence-corrected chi connectivity index (χ0v) is 15.8. The maximum absolute atomic E-state index is 12.8. The van der Waals surface area contributed by atoms with E-state index in [1.165, 1.54) is 0 Å². The molecule has 2 heterocycles. The molecule has 1 fully saturated rings. The van der Waals surface area contributed by atoms with Gasteiger partial charge in [-0.05, 0) is 29.8 Å². The first-order valence-electron chi connectivity index (χ1n) is 9.02. The Balaban J connectivity index is 1.52. The van der Waals surface area contributed by atoms with Crippen molar-refractivity contribution in [1.29, 1.82) is 0 Å². The van der Waals surface area contributed by atoms with Crippen LogP contribution in [0.5, 0.6) is 0 Å². The summed E-state index contributed by atoms with van der Waals surface area (Å²) in [4.78, 5) is 38.2. The molecule has 1 unspecified atom stereocenters. The molecule has 8 heteroatoms. The summed E-state index contributed by atoms with van der Waals surface area (Å²) >= 11 is 6.40. The van der Waals surface area contributed by atoms with Gasteiger partial charge < -0.3 is 20.9 Å². The molecule has 1 saturated heterocycles. The molecule has 1 atom stereocenters. The summed E-state index contributed by atoms with van der Waals surface area (Å²) in [6, 6.07) is 12.5. The van der Waals surface area contributed by atoms with Crippen molar-refractivity contribution in [2.45, 2.75) is 12.3 Å². The van der Waals surface area contributed by atoms with Crippen molar-refractivity contribution in [3.63, 3.8) is 0 Å². The minimum atomic E-state index is -0.561. The van der Waals surface area contributed by atoms with E-state index < -0.39 is 5.92 Å². The molecule has 0 radical (unpaired) electrons. The van der Waals surface area contributed by atoms with E-state index in [1.807, 2.05) is 23.1 Å². The maximum atomic E-state index is 12.8. The van der Waals surface area contributed by atoms with Crippen LogP contribution in [-0.4, -0.2) is 37.4 Å². The van der Waals surface area contributed by atoms with Gasteiger partial charge in [0, 0.05) is 30.9 Å². The zero-order valence-electron chi connectivity index (χ0n) is 15.0. The Kier molecular flexibility index (Phi) is 4.92. The molecule has 144 valence electrons. The van der Waals surface area contributed by atoms with Crippen LogP contribution in [0.4, 0.5) is 17.1 Å². The quantitative estimate of drug-likeness (QED) is 0.740. The lowest BCUT2D eigenvalue weighted by molar-refractivity contribution is -0.123. The Morgan fingerprint density at radius 3 is 2.75 bits per heavy atom. The Morgan fingerprint density at radius 1 is 1.14 bits per heavy atom. The van der Waals surface area contributed by atoms with Crippen molar-refractivity contribution < 1.29 is 14.4 Å². The lowest BCUT2D eigenvalue weighted by atomic mass is 9.90. The van der Waals surface area contributed by atoms with Crippen LogP contribution in [-0.2, 0) is 14.4 Å². The molecule has 28 heavy (non-hydrogen) atoms. The van der Waals surface area contributed by atoms with Crippen molar-refractivity contribution in [2.24, 2.45) is 0 Å². The number of amides is 3. The summed E-state index contributed by atoms with van der Waals surface area (Å²) in [7, 11) is 0. The fraction of sp³-hybridized carbons (Fsp3) is 0.250. The van der Waals surface area contributed by atoms with Gasteiger partial charge in [0.25, 0.3) is 0 Å². The highest BCUT2D eigenvalue weighted by Crippen LogP contribution is 2.34. The number of nitrogens with one attached hydrogen (secondary N) is 3. The number of fused-ring (bicyclic) bond motifs is 1. The summed E-state index contributed by atoms with van der Waals surface area (Å²) < 4.78 is 0. The van der Waals surface area contributed by atoms with Crippen molar-refractivity contribution in [3.05, 3.63) is 53.1 Å². The number of benzene rings is 2. The Morgan fingerprint density at radius 2 is 1.96 bits per heavy atom. The lowest BCUT2D eigenvalue weighted by Gasteiger charge is -2.29. The maximum Gasteiger partial charge on any atom is 0.239 e. The van der Waals surface area contributed by atoms with Crippen LogP contribution in [0.1, 0.15) is 17.9 Å². The number of anilines is 3. The molecule has 0 aromatic heterocycles. The average Bonchev–Trinajstić information content (AvgIpc) is 2.67. The summed E-state index contributed by atoms with van der Waals surface area (Å²) in [5, 5.41) is 8.87. The predicted octanol–water partition coefficient (Wildman–Crippen LogP) is 2.34. The summed E-state index contributed by atoms with van der Waals surface area (Å²) in [6.45, 7) is 1.49. The van der Waals surface area contributed by atoms with Gasteiger partial charge in [0.15, 0.2) is 0 Å². The SMILES string of the molecule is O=C1CN(c2ccc(NC(=O)C3CC(=O)Nc4ccccc43)cc2Cl)CCN1. The molecule has 3 amide bonds. The number of nitrogens with zero attached hydrogens (tertiary/aromatic N) is 1. The molecule has 0 bridgehead atoms. The van der Waals surface area contributed by atoms with Gasteiger partial charge in [0.1, 0.15) is 0 Å². The van der Waals surface area contributed by atoms with Crippen molar-refractivity contribution in [2.75, 3.05) is 35.2 Å². The van der Waals surface area contributed by atoms with E-state index in [0.717, 1.165) is 11.3 Å². The van der Waals surface area contributed by atoms with Gasteiger partial charge in [-0.2, -0.15) is 0 Å². The summed E-state index contributed by atoms with van der Waals surface area (Å²) in [5.74, 6) is -1.05. The first-order chi connectivity index (χ1) is 13.5. The smallest absolute Gasteiger partial charge is 0.239 e. The van der Waals surface area contributed by atoms with Gasteiger partial charge in [-0.25, -0.2) is 0 Å². The Bertz CT molecular complexity index is 962. The predicted molar refractivity (Wildman–Crippen MR) is 108 cm³/mol. The third kappa shape index (κ3) is 3.66. The zero-order chi connectivity index (χ0) is 19.7. The van der Waals surface area contributed by atoms with Gasteiger partial charge in [0.05, 0.1) is 23.2 Å². The molecule has 0 spiro atoms. The molecule has 7 nitrogen and oxygen atoms in total. The van der Waals surface area contributed by atoms with Crippen molar-refractivity contribution in [3.8, 4) is 0 Å². The van der Waals surface area contributed by atoms with Crippen LogP contribution in [0.2, 0.25) is 5.02 Å². The highest BCUT2D eigenvalue weighted by molar-refractivity contribution is 6.33. The minimum Gasteiger partial charge on any atom is -0.359 e. The number of carbonyl (C=O) groups is 3. The van der Waals surface area contributed by atoms with Gasteiger partial charge in [-0.1, -0.05) is 29.8 Å². The van der Waals surface area contributed by atoms with Gasteiger partial charge in [0.2, 0.25) is 17.7 Å². The molecule has 2 aliphatic rings. The largest absolute Gasteiger partial charge is 0.359 e. The first-order valence-corrected chi connectivity index (χ1v) is 9.40. The number of rotatable bonds is 3. The number of hydrogen-bond acceptors (Lipinski definition) is 4. The molecule has 0 saturated carbocycles. The number of hydrogen-bond donors (Lipinski definition) is 3. The van der Waals surface area contributed by atoms with E-state index in [-0.39, 0.29) is 30.7 Å². The highest BCUT2D eigenvalue weighted by Gasteiger charge is 2.30. The average molecular weight is 399 g/mol. The van der Waals surface area contributed by atoms with E-state index in [4.69, 9.17) is 11.6 Å². The molecular formula is C20H19ClN4O3. The monoisotopic (exact) mass is 398 g/mol. The van der Waals surface area contributed by atoms with E-state index in [1.54, 1.807) is 24.3 Å². The third-order valence-corrected chi connectivity index (χ3v) is 5.21. The summed E-state index contributed by atoms with van der Waals surface area (Å²) in [5.41, 5.74) is 2.75. The van der Waals surface area contributed by atoms with Gasteiger partial charge in [-0.15, -0.1) is 0 Å². The van der Waals surface area contributed by atoms with Gasteiger partial charge >= 0.3 is 0 Å². The molecule has 4 rings (SSSR count). The Labute approximate surface area is 167 Å². The standard InChI is InChI=1S/C20H19ClN4O3/c21-15-9-12(5-6-17(15)25-8-7-22-19(27)11-25)23-20(28)14-10-18(26)24-16-4-2-1-3-13(14)16/h1-6,9,14H,7-8,10-11H2,(H,22,27)(H,23,28)(H,24,26). The van der Waals surface area contributed by atoms with E-state index in [2.05, 4.69) is 16.0 Å². The van der Waals surface area contributed by atoms with Crippen LogP contribution in [0.25, 0.3) is 0 Å². The fourth-order valence-electron chi connectivity index (χ4n) is 3.56. The first kappa shape index (κ1) is 18.3. The second kappa shape index (κ2) is 7.52. The second-order valence-electron chi connectivity index (χ2n) is 6.82. The molecule has 2 aromatic rings. The molecular weight excluding hydrogens is 380 g/mol. The van der Waals surface area contributed by atoms with Crippen LogP contribution in [0, 0.1) is 0 Å². The van der Waals surface area contributed by atoms with Crippen LogP contribution < -0.4 is 20.9 Å². The minimum absolute atomic E-state index is 0.0473. The van der Waals surface area contributed by atoms with Gasteiger partial charge in [-0.3, -0.25) is 14.4 Å². The molecule has 2 aromatic carbocycles.